The average molecular weight is 430 g/mol. The lowest BCUT2D eigenvalue weighted by Crippen LogP contribution is -2.54. The SMILES string of the molecule is O=C(O)N1CCC2(C1)Nc1c(cnc3c(F)c(Br)c(Cl)cc13)NC2=O. The molecule has 1 spiro atoms. The third kappa shape index (κ3) is 2.33. The van der Waals surface area contributed by atoms with Crippen molar-refractivity contribution in [1.29, 1.82) is 0 Å². The van der Waals surface area contributed by atoms with Gasteiger partial charge < -0.3 is 20.6 Å². The molecule has 2 amide bonds. The monoisotopic (exact) mass is 428 g/mol. The molecule has 3 N–H and O–H groups in total. The maximum atomic E-state index is 14.4. The van der Waals surface area contributed by atoms with E-state index >= 15 is 0 Å². The molecule has 2 aliphatic heterocycles. The maximum Gasteiger partial charge on any atom is 0.407 e. The fraction of sp³-hybridized carbons (Fsp3) is 0.267. The number of anilines is 2. The van der Waals surface area contributed by atoms with Gasteiger partial charge in [-0.15, -0.1) is 0 Å². The molecular weight excluding hydrogens is 419 g/mol. The summed E-state index contributed by atoms with van der Waals surface area (Å²) in [4.78, 5) is 29.0. The Kier molecular flexibility index (Phi) is 3.55. The van der Waals surface area contributed by atoms with Crippen LogP contribution in [0.4, 0.5) is 20.6 Å². The van der Waals surface area contributed by atoms with Gasteiger partial charge >= 0.3 is 6.09 Å². The van der Waals surface area contributed by atoms with Gasteiger partial charge in [-0.3, -0.25) is 9.78 Å². The number of rotatable bonds is 0. The molecule has 1 fully saturated rings. The Morgan fingerprint density at radius 2 is 2.28 bits per heavy atom. The fourth-order valence-corrected chi connectivity index (χ4v) is 3.76. The number of likely N-dealkylation sites (tertiary alicyclic amines) is 1. The summed E-state index contributed by atoms with van der Waals surface area (Å²) in [6.07, 6.45) is 0.582. The minimum absolute atomic E-state index is 0.00413. The number of halogens is 3. The normalized spacial score (nSPS) is 22.0. The molecule has 3 heterocycles. The van der Waals surface area contributed by atoms with Crippen molar-refractivity contribution >= 4 is 61.8 Å². The Morgan fingerprint density at radius 3 is 2.96 bits per heavy atom. The minimum atomic E-state index is -1.10. The topological polar surface area (TPSA) is 94.6 Å². The van der Waals surface area contributed by atoms with Gasteiger partial charge in [-0.25, -0.2) is 9.18 Å². The molecule has 4 rings (SSSR count). The van der Waals surface area contributed by atoms with Gasteiger partial charge in [0.25, 0.3) is 5.91 Å². The van der Waals surface area contributed by atoms with Crippen LogP contribution in [-0.4, -0.2) is 45.6 Å². The van der Waals surface area contributed by atoms with E-state index in [4.69, 9.17) is 16.7 Å². The van der Waals surface area contributed by atoms with E-state index in [2.05, 4.69) is 31.5 Å². The number of fused-ring (bicyclic) bond motifs is 3. The van der Waals surface area contributed by atoms with E-state index in [0.717, 1.165) is 0 Å². The van der Waals surface area contributed by atoms with Gasteiger partial charge in [-0.2, -0.15) is 0 Å². The Hall–Kier alpha value is -2.13. The summed E-state index contributed by atoms with van der Waals surface area (Å²) >= 11 is 9.14. The van der Waals surface area contributed by atoms with Gasteiger partial charge in [0.15, 0.2) is 5.82 Å². The number of carbonyl (C=O) groups excluding carboxylic acids is 1. The van der Waals surface area contributed by atoms with Crippen LogP contribution in [0.15, 0.2) is 16.7 Å². The van der Waals surface area contributed by atoms with Gasteiger partial charge in [0.2, 0.25) is 0 Å². The first-order valence-corrected chi connectivity index (χ1v) is 8.53. The van der Waals surface area contributed by atoms with E-state index in [1.54, 1.807) is 6.07 Å². The van der Waals surface area contributed by atoms with Gasteiger partial charge in [0.1, 0.15) is 11.1 Å². The van der Waals surface area contributed by atoms with Crippen LogP contribution in [-0.2, 0) is 4.79 Å². The zero-order chi connectivity index (χ0) is 17.9. The molecule has 1 aromatic carbocycles. The molecule has 0 aliphatic carbocycles. The van der Waals surface area contributed by atoms with E-state index in [1.807, 2.05) is 0 Å². The first-order chi connectivity index (χ1) is 11.8. The number of hydrogen-bond donors (Lipinski definition) is 3. The number of nitrogens with zero attached hydrogens (tertiary/aromatic N) is 2. The number of amides is 2. The highest BCUT2D eigenvalue weighted by Crippen LogP contribution is 2.42. The zero-order valence-corrected chi connectivity index (χ0v) is 14.9. The van der Waals surface area contributed by atoms with Gasteiger partial charge in [0, 0.05) is 11.9 Å². The maximum absolute atomic E-state index is 14.4. The summed E-state index contributed by atoms with van der Waals surface area (Å²) < 4.78 is 14.6. The first-order valence-electron chi connectivity index (χ1n) is 7.36. The molecule has 7 nitrogen and oxygen atoms in total. The Balaban J connectivity index is 1.87. The Labute approximate surface area is 154 Å². The predicted octanol–water partition coefficient (Wildman–Crippen LogP) is 3.28. The van der Waals surface area contributed by atoms with Crippen LogP contribution in [0.25, 0.3) is 10.9 Å². The lowest BCUT2D eigenvalue weighted by atomic mass is 9.93. The number of nitrogens with one attached hydrogen (secondary N) is 2. The van der Waals surface area contributed by atoms with Gasteiger partial charge in [-0.05, 0) is 28.4 Å². The van der Waals surface area contributed by atoms with Crippen LogP contribution in [0, 0.1) is 5.82 Å². The summed E-state index contributed by atoms with van der Waals surface area (Å²) in [5.74, 6) is -0.940. The molecule has 0 saturated carbocycles. The largest absolute Gasteiger partial charge is 0.465 e. The lowest BCUT2D eigenvalue weighted by Gasteiger charge is -2.35. The number of carboxylic acid groups (broad SMARTS) is 1. The van der Waals surface area contributed by atoms with E-state index in [9.17, 15) is 14.0 Å². The van der Waals surface area contributed by atoms with Crippen LogP contribution in [0.3, 0.4) is 0 Å². The second-order valence-corrected chi connectivity index (χ2v) is 7.24. The van der Waals surface area contributed by atoms with Crippen LogP contribution in [0.2, 0.25) is 5.02 Å². The number of carbonyl (C=O) groups is 2. The molecule has 2 aromatic rings. The van der Waals surface area contributed by atoms with Crippen LogP contribution >= 0.6 is 27.5 Å². The minimum Gasteiger partial charge on any atom is -0.465 e. The predicted molar refractivity (Wildman–Crippen MR) is 93.6 cm³/mol. The standard InChI is InChI=1S/C15H11BrClFN4O3/c16-9-7(17)3-6-11-8(4-19-12(6)10(9)18)20-13(23)15(21-11)1-2-22(5-15)14(24)25/h3-4,21H,1-2,5H2,(H,20,23)(H,24,25). The summed E-state index contributed by atoms with van der Waals surface area (Å²) in [5, 5.41) is 15.6. The van der Waals surface area contributed by atoms with Crippen molar-refractivity contribution in [2.75, 3.05) is 23.7 Å². The molecule has 25 heavy (non-hydrogen) atoms. The highest BCUT2D eigenvalue weighted by atomic mass is 79.9. The van der Waals surface area contributed by atoms with E-state index in [0.29, 0.717) is 23.2 Å². The molecule has 1 aromatic heterocycles. The number of benzene rings is 1. The summed E-state index contributed by atoms with van der Waals surface area (Å²) in [7, 11) is 0. The van der Waals surface area contributed by atoms with E-state index in [-0.39, 0.29) is 34.0 Å². The van der Waals surface area contributed by atoms with E-state index < -0.39 is 17.4 Å². The van der Waals surface area contributed by atoms with Gasteiger partial charge in [-0.1, -0.05) is 11.6 Å². The molecule has 0 radical (unpaired) electrons. The molecule has 10 heteroatoms. The number of hydrogen-bond acceptors (Lipinski definition) is 4. The van der Waals surface area contributed by atoms with Crippen LogP contribution < -0.4 is 10.6 Å². The molecule has 1 atom stereocenters. The molecule has 130 valence electrons. The summed E-state index contributed by atoms with van der Waals surface area (Å²) in [6.45, 7) is 0.235. The van der Waals surface area contributed by atoms with Gasteiger partial charge in [0.05, 0.1) is 33.6 Å². The Bertz CT molecular complexity index is 956. The molecular formula is C15H11BrClFN4O3. The lowest BCUT2D eigenvalue weighted by molar-refractivity contribution is -0.120. The van der Waals surface area contributed by atoms with Crippen molar-refractivity contribution in [3.05, 3.63) is 27.6 Å². The summed E-state index contributed by atoms with van der Waals surface area (Å²) in [5.41, 5.74) is -0.128. The van der Waals surface area contributed by atoms with Crippen LogP contribution in [0.1, 0.15) is 6.42 Å². The highest BCUT2D eigenvalue weighted by molar-refractivity contribution is 9.10. The van der Waals surface area contributed by atoms with Crippen molar-refractivity contribution in [3.8, 4) is 0 Å². The van der Waals surface area contributed by atoms with E-state index in [1.165, 1.54) is 11.1 Å². The second-order valence-electron chi connectivity index (χ2n) is 6.04. The Morgan fingerprint density at radius 1 is 1.52 bits per heavy atom. The van der Waals surface area contributed by atoms with Crippen molar-refractivity contribution in [2.45, 2.75) is 12.0 Å². The second kappa shape index (κ2) is 5.43. The fourth-order valence-electron chi connectivity index (χ4n) is 3.27. The quantitative estimate of drug-likeness (QED) is 0.559. The number of pyridine rings is 1. The molecule has 1 unspecified atom stereocenters. The smallest absolute Gasteiger partial charge is 0.407 e. The highest BCUT2D eigenvalue weighted by Gasteiger charge is 2.49. The van der Waals surface area contributed by atoms with Crippen molar-refractivity contribution in [1.82, 2.24) is 9.88 Å². The van der Waals surface area contributed by atoms with Crippen LogP contribution in [0.5, 0.6) is 0 Å². The average Bonchev–Trinajstić information content (AvgIpc) is 3.00. The molecule has 2 aliphatic rings. The first kappa shape index (κ1) is 16.3. The number of aromatic nitrogens is 1. The molecule has 0 bridgehead atoms. The van der Waals surface area contributed by atoms with Crippen molar-refractivity contribution in [3.63, 3.8) is 0 Å². The zero-order valence-electron chi connectivity index (χ0n) is 12.6. The van der Waals surface area contributed by atoms with Crippen molar-refractivity contribution in [2.24, 2.45) is 0 Å². The third-order valence-electron chi connectivity index (χ3n) is 4.58. The molecule has 1 saturated heterocycles. The summed E-state index contributed by atoms with van der Waals surface area (Å²) in [6, 6.07) is 1.55. The van der Waals surface area contributed by atoms with Crippen molar-refractivity contribution < 1.29 is 19.1 Å². The third-order valence-corrected chi connectivity index (χ3v) is 5.89.